The van der Waals surface area contributed by atoms with E-state index in [1.54, 1.807) is 13.3 Å². The second kappa shape index (κ2) is 6.05. The molecule has 5 nitrogen and oxygen atoms in total. The highest BCUT2D eigenvalue weighted by molar-refractivity contribution is 5.42. The lowest BCUT2D eigenvalue weighted by atomic mass is 10.3. The number of methoxy groups -OCH3 is 1. The largest absolute Gasteiger partial charge is 0.481 e. The van der Waals surface area contributed by atoms with Crippen LogP contribution >= 0.6 is 0 Å². The molecule has 0 aliphatic heterocycles. The number of hydrogen-bond acceptors (Lipinski definition) is 4. The van der Waals surface area contributed by atoms with E-state index in [1.165, 1.54) is 5.69 Å². The van der Waals surface area contributed by atoms with Gasteiger partial charge in [-0.05, 0) is 12.5 Å². The van der Waals surface area contributed by atoms with Crippen LogP contribution in [-0.2, 0) is 13.1 Å². The van der Waals surface area contributed by atoms with Crippen LogP contribution in [0.2, 0.25) is 0 Å². The van der Waals surface area contributed by atoms with Crippen LogP contribution in [0.25, 0.3) is 0 Å². The van der Waals surface area contributed by atoms with Crippen molar-refractivity contribution in [2.24, 2.45) is 0 Å². The smallest absolute Gasteiger partial charge is 0.213 e. The van der Waals surface area contributed by atoms with Gasteiger partial charge in [-0.2, -0.15) is 0 Å². The molecule has 0 aliphatic carbocycles. The van der Waals surface area contributed by atoms with E-state index in [2.05, 4.69) is 26.8 Å². The van der Waals surface area contributed by atoms with Gasteiger partial charge in [0.1, 0.15) is 0 Å². The van der Waals surface area contributed by atoms with Crippen LogP contribution in [0.5, 0.6) is 5.88 Å². The number of pyridine rings is 1. The highest BCUT2D eigenvalue weighted by atomic mass is 16.5. The highest BCUT2D eigenvalue weighted by Gasteiger charge is 2.01. The molecule has 0 spiro atoms. The Kier molecular flexibility index (Phi) is 4.17. The summed E-state index contributed by atoms with van der Waals surface area (Å²) >= 11 is 0. The molecule has 2 rings (SSSR count). The van der Waals surface area contributed by atoms with Crippen LogP contribution in [0, 0.1) is 0 Å². The maximum absolute atomic E-state index is 5.02. The minimum atomic E-state index is 0.622. The quantitative estimate of drug-likeness (QED) is 0.849. The van der Waals surface area contributed by atoms with Gasteiger partial charge in [-0.25, -0.2) is 9.97 Å². The molecule has 0 radical (unpaired) electrons. The van der Waals surface area contributed by atoms with Crippen molar-refractivity contribution < 1.29 is 4.74 Å². The molecule has 0 saturated carbocycles. The first kappa shape index (κ1) is 12.4. The minimum Gasteiger partial charge on any atom is -0.481 e. The van der Waals surface area contributed by atoms with Crippen LogP contribution in [0.1, 0.15) is 19.0 Å². The monoisotopic (exact) mass is 246 g/mol. The summed E-state index contributed by atoms with van der Waals surface area (Å²) < 4.78 is 7.17. The van der Waals surface area contributed by atoms with Crippen molar-refractivity contribution in [2.75, 3.05) is 12.4 Å². The minimum absolute atomic E-state index is 0.622. The molecule has 5 heteroatoms. The van der Waals surface area contributed by atoms with Gasteiger partial charge in [0, 0.05) is 18.8 Å². The molecule has 0 bridgehead atoms. The van der Waals surface area contributed by atoms with Gasteiger partial charge in [-0.1, -0.05) is 6.92 Å². The maximum Gasteiger partial charge on any atom is 0.213 e. The Morgan fingerprint density at radius 2 is 2.22 bits per heavy atom. The molecule has 2 aromatic heterocycles. The van der Waals surface area contributed by atoms with E-state index >= 15 is 0 Å². The van der Waals surface area contributed by atoms with Crippen molar-refractivity contribution in [3.05, 3.63) is 36.5 Å². The first-order chi connectivity index (χ1) is 8.83. The van der Waals surface area contributed by atoms with E-state index in [9.17, 15) is 0 Å². The second-order valence-corrected chi connectivity index (χ2v) is 4.02. The number of ether oxygens (including phenoxy) is 1. The number of hydrogen-bond donors (Lipinski definition) is 1. The standard InChI is InChI=1S/C13H18N4O/c1-3-6-17-10-14-8-12(17)9-15-11-4-5-13(18-2)16-7-11/h4-5,7-8,10,15H,3,6,9H2,1-2H3. The molecule has 0 amide bonds. The van der Waals surface area contributed by atoms with E-state index in [1.807, 2.05) is 24.7 Å². The maximum atomic E-state index is 5.02. The van der Waals surface area contributed by atoms with Gasteiger partial charge >= 0.3 is 0 Å². The number of anilines is 1. The Bertz CT molecular complexity index is 478. The van der Waals surface area contributed by atoms with Crippen molar-refractivity contribution >= 4 is 5.69 Å². The molecular weight excluding hydrogens is 228 g/mol. The molecule has 96 valence electrons. The van der Waals surface area contributed by atoms with Crippen LogP contribution in [0.15, 0.2) is 30.9 Å². The predicted octanol–water partition coefficient (Wildman–Crippen LogP) is 2.31. The average Bonchev–Trinajstić information content (AvgIpc) is 2.85. The van der Waals surface area contributed by atoms with Crippen LogP contribution < -0.4 is 10.1 Å². The lowest BCUT2D eigenvalue weighted by Gasteiger charge is -2.09. The Labute approximate surface area is 107 Å². The van der Waals surface area contributed by atoms with Gasteiger partial charge in [-0.3, -0.25) is 0 Å². The fourth-order valence-corrected chi connectivity index (χ4v) is 1.74. The Hall–Kier alpha value is -2.04. The molecule has 18 heavy (non-hydrogen) atoms. The van der Waals surface area contributed by atoms with Gasteiger partial charge in [0.25, 0.3) is 0 Å². The second-order valence-electron chi connectivity index (χ2n) is 4.02. The summed E-state index contributed by atoms with van der Waals surface area (Å²) in [7, 11) is 1.61. The van der Waals surface area contributed by atoms with Gasteiger partial charge in [0.15, 0.2) is 0 Å². The van der Waals surface area contributed by atoms with E-state index in [4.69, 9.17) is 4.74 Å². The summed E-state index contributed by atoms with van der Waals surface area (Å²) in [6, 6.07) is 3.79. The molecule has 2 aromatic rings. The molecule has 2 heterocycles. The van der Waals surface area contributed by atoms with E-state index in [-0.39, 0.29) is 0 Å². The number of nitrogens with one attached hydrogen (secondary N) is 1. The summed E-state index contributed by atoms with van der Waals surface area (Å²) in [6.45, 7) is 3.90. The summed E-state index contributed by atoms with van der Waals surface area (Å²) in [6.07, 6.45) is 6.62. The fraction of sp³-hybridized carbons (Fsp3) is 0.385. The molecule has 0 aromatic carbocycles. The highest BCUT2D eigenvalue weighted by Crippen LogP contribution is 2.12. The Morgan fingerprint density at radius 1 is 1.33 bits per heavy atom. The van der Waals surface area contributed by atoms with Gasteiger partial charge in [0.2, 0.25) is 5.88 Å². The van der Waals surface area contributed by atoms with Crippen molar-refractivity contribution in [2.45, 2.75) is 26.4 Å². The van der Waals surface area contributed by atoms with Gasteiger partial charge in [0.05, 0.1) is 37.6 Å². The van der Waals surface area contributed by atoms with Crippen molar-refractivity contribution in [1.82, 2.24) is 14.5 Å². The first-order valence-electron chi connectivity index (χ1n) is 6.06. The number of rotatable bonds is 6. The van der Waals surface area contributed by atoms with Crippen LogP contribution in [0.3, 0.4) is 0 Å². The van der Waals surface area contributed by atoms with E-state index in [0.29, 0.717) is 5.88 Å². The van der Waals surface area contributed by atoms with Crippen LogP contribution in [0.4, 0.5) is 5.69 Å². The first-order valence-corrected chi connectivity index (χ1v) is 6.06. The number of aromatic nitrogens is 3. The van der Waals surface area contributed by atoms with Crippen molar-refractivity contribution in [1.29, 1.82) is 0 Å². The summed E-state index contributed by atoms with van der Waals surface area (Å²) in [5.41, 5.74) is 2.15. The lowest BCUT2D eigenvalue weighted by molar-refractivity contribution is 0.398. The molecular formula is C13H18N4O. The Morgan fingerprint density at radius 3 is 2.89 bits per heavy atom. The molecule has 0 saturated heterocycles. The van der Waals surface area contributed by atoms with Gasteiger partial charge in [-0.15, -0.1) is 0 Å². The zero-order chi connectivity index (χ0) is 12.8. The molecule has 0 fully saturated rings. The SMILES string of the molecule is CCCn1cncc1CNc1ccc(OC)nc1. The normalized spacial score (nSPS) is 10.3. The van der Waals surface area contributed by atoms with Crippen molar-refractivity contribution in [3.8, 4) is 5.88 Å². The molecule has 0 unspecified atom stereocenters. The van der Waals surface area contributed by atoms with Crippen molar-refractivity contribution in [3.63, 3.8) is 0 Å². The third-order valence-corrected chi connectivity index (χ3v) is 2.68. The third kappa shape index (κ3) is 3.00. The predicted molar refractivity (Wildman–Crippen MR) is 70.6 cm³/mol. The summed E-state index contributed by atoms with van der Waals surface area (Å²) in [4.78, 5) is 8.32. The zero-order valence-corrected chi connectivity index (χ0v) is 10.8. The molecule has 0 atom stereocenters. The lowest BCUT2D eigenvalue weighted by Crippen LogP contribution is -2.07. The van der Waals surface area contributed by atoms with E-state index < -0.39 is 0 Å². The summed E-state index contributed by atoms with van der Waals surface area (Å²) in [5, 5.41) is 3.32. The summed E-state index contributed by atoms with van der Waals surface area (Å²) in [5.74, 6) is 0.622. The van der Waals surface area contributed by atoms with Gasteiger partial charge < -0.3 is 14.6 Å². The zero-order valence-electron chi connectivity index (χ0n) is 10.8. The fourth-order valence-electron chi connectivity index (χ4n) is 1.74. The van der Waals surface area contributed by atoms with E-state index in [0.717, 1.165) is 25.2 Å². The number of aryl methyl sites for hydroxylation is 1. The number of nitrogens with zero attached hydrogens (tertiary/aromatic N) is 3. The molecule has 1 N–H and O–H groups in total. The third-order valence-electron chi connectivity index (χ3n) is 2.68. The number of imidazole rings is 1. The topological polar surface area (TPSA) is 52.0 Å². The molecule has 0 aliphatic rings. The Balaban J connectivity index is 1.95. The van der Waals surface area contributed by atoms with Crippen LogP contribution in [-0.4, -0.2) is 21.6 Å². The average molecular weight is 246 g/mol.